The molecule has 9 nitrogen and oxygen atoms in total. The molecule has 0 bridgehead atoms. The summed E-state index contributed by atoms with van der Waals surface area (Å²) in [4.78, 5) is 28.1. The monoisotopic (exact) mass is 505 g/mol. The highest BCUT2D eigenvalue weighted by Gasteiger charge is 2.41. The number of carbonyl (C=O) groups is 2. The molecule has 1 aromatic heterocycles. The first-order chi connectivity index (χ1) is 17.9. The Morgan fingerprint density at radius 2 is 1.68 bits per heavy atom. The molecule has 0 radical (unpaired) electrons. The van der Waals surface area contributed by atoms with E-state index in [-0.39, 0.29) is 6.03 Å². The Morgan fingerprint density at radius 1 is 1.03 bits per heavy atom. The van der Waals surface area contributed by atoms with Crippen molar-refractivity contribution in [2.24, 2.45) is 11.8 Å². The average molecular weight is 506 g/mol. The van der Waals surface area contributed by atoms with Gasteiger partial charge in [0.25, 0.3) is 0 Å². The molecule has 3 aromatic rings. The van der Waals surface area contributed by atoms with Gasteiger partial charge in [0.2, 0.25) is 0 Å². The van der Waals surface area contributed by atoms with Crippen molar-refractivity contribution in [2.45, 2.75) is 13.5 Å². The Balaban J connectivity index is 0.00000102. The zero-order chi connectivity index (χ0) is 26.4. The topological polar surface area (TPSA) is 80.1 Å². The molecule has 0 spiro atoms. The largest absolute Gasteiger partial charge is 0.497 e. The number of methoxy groups -OCH3 is 1. The van der Waals surface area contributed by atoms with E-state index in [0.717, 1.165) is 61.9 Å². The summed E-state index contributed by atoms with van der Waals surface area (Å²) in [5.74, 6) is 3.44. The maximum atomic E-state index is 12.9. The van der Waals surface area contributed by atoms with Crippen molar-refractivity contribution >= 4 is 18.0 Å². The van der Waals surface area contributed by atoms with Gasteiger partial charge < -0.3 is 24.1 Å². The molecule has 3 heterocycles. The fourth-order valence-electron chi connectivity index (χ4n) is 4.91. The minimum Gasteiger partial charge on any atom is -0.497 e. The van der Waals surface area contributed by atoms with E-state index in [1.165, 1.54) is 17.2 Å². The molecule has 0 saturated carbocycles. The van der Waals surface area contributed by atoms with Gasteiger partial charge in [-0.25, -0.2) is 4.79 Å². The van der Waals surface area contributed by atoms with Crippen LogP contribution in [0.25, 0.3) is 0 Å². The van der Waals surface area contributed by atoms with E-state index in [1.807, 2.05) is 60.3 Å². The summed E-state index contributed by atoms with van der Waals surface area (Å²) in [5.41, 5.74) is 2.16. The number of benzene rings is 2. The van der Waals surface area contributed by atoms with Crippen LogP contribution >= 0.6 is 0 Å². The molecule has 196 valence electrons. The van der Waals surface area contributed by atoms with Crippen LogP contribution in [0, 0.1) is 11.8 Å². The van der Waals surface area contributed by atoms with Crippen LogP contribution in [0.15, 0.2) is 60.9 Å². The second-order valence-electron chi connectivity index (χ2n) is 9.60. The third-order valence-corrected chi connectivity index (χ3v) is 6.71. The van der Waals surface area contributed by atoms with Gasteiger partial charge in [-0.2, -0.15) is 9.78 Å². The molecule has 2 fully saturated rings. The maximum absolute atomic E-state index is 12.9. The number of carbonyl (C=O) groups excluding carboxylic acids is 2. The third-order valence-electron chi connectivity index (χ3n) is 6.71. The van der Waals surface area contributed by atoms with Crippen molar-refractivity contribution in [3.63, 3.8) is 0 Å². The second kappa shape index (κ2) is 11.9. The normalized spacial score (nSPS) is 18.5. The minimum atomic E-state index is -0.0302. The predicted octanol–water partition coefficient (Wildman–Crippen LogP) is 3.99. The van der Waals surface area contributed by atoms with Gasteiger partial charge in [-0.15, -0.1) is 0 Å². The lowest BCUT2D eigenvalue weighted by Crippen LogP contribution is -2.36. The Kier molecular flexibility index (Phi) is 8.45. The van der Waals surface area contributed by atoms with E-state index in [2.05, 4.69) is 22.1 Å². The highest BCUT2D eigenvalue weighted by molar-refractivity contribution is 5.77. The van der Waals surface area contributed by atoms with Crippen molar-refractivity contribution in [1.29, 1.82) is 0 Å². The molecule has 2 aliphatic rings. The van der Waals surface area contributed by atoms with Crippen molar-refractivity contribution in [3.8, 4) is 17.2 Å². The van der Waals surface area contributed by atoms with E-state index in [4.69, 9.17) is 14.3 Å². The Bertz CT molecular complexity index is 1180. The van der Waals surface area contributed by atoms with Gasteiger partial charge in [0.05, 0.1) is 25.2 Å². The van der Waals surface area contributed by atoms with Gasteiger partial charge in [-0.1, -0.05) is 12.1 Å². The molecule has 2 aliphatic heterocycles. The minimum absolute atomic E-state index is 0.0302. The van der Waals surface area contributed by atoms with Gasteiger partial charge in [0.15, 0.2) is 0 Å². The van der Waals surface area contributed by atoms with Crippen LogP contribution in [0.3, 0.4) is 0 Å². The molecule has 2 unspecified atom stereocenters. The lowest BCUT2D eigenvalue weighted by molar-refractivity contribution is -0.106. The quantitative estimate of drug-likeness (QED) is 0.469. The molecule has 0 N–H and O–H groups in total. The lowest BCUT2D eigenvalue weighted by atomic mass is 10.0. The van der Waals surface area contributed by atoms with E-state index in [1.54, 1.807) is 19.5 Å². The third kappa shape index (κ3) is 6.48. The van der Waals surface area contributed by atoms with E-state index < -0.39 is 0 Å². The van der Waals surface area contributed by atoms with Gasteiger partial charge in [0.1, 0.15) is 23.5 Å². The molecule has 2 atom stereocenters. The number of aromatic nitrogens is 2. The molecule has 2 saturated heterocycles. The number of anilines is 1. The number of likely N-dealkylation sites (tertiary alicyclic amines) is 2. The number of aldehydes is 1. The van der Waals surface area contributed by atoms with Crippen LogP contribution in [-0.2, 0) is 11.3 Å². The summed E-state index contributed by atoms with van der Waals surface area (Å²) >= 11 is 0. The highest BCUT2D eigenvalue weighted by atomic mass is 16.5. The summed E-state index contributed by atoms with van der Waals surface area (Å²) in [6, 6.07) is 15.8. The van der Waals surface area contributed by atoms with Gasteiger partial charge in [-0.3, -0.25) is 4.90 Å². The predicted molar refractivity (Wildman–Crippen MR) is 142 cm³/mol. The first-order valence-electron chi connectivity index (χ1n) is 12.4. The SMILES string of the molecule is CC=O.COc1ccc(Oc2cccc(CN3CC4CN(C(=O)n5cc(N(C)C)cn5)CC4C3)c2)cc1. The molecule has 37 heavy (non-hydrogen) atoms. The Hall–Kier alpha value is -3.85. The summed E-state index contributed by atoms with van der Waals surface area (Å²) in [7, 11) is 5.55. The zero-order valence-corrected chi connectivity index (χ0v) is 21.9. The average Bonchev–Trinajstić information content (AvgIpc) is 3.60. The molecule has 9 heteroatoms. The van der Waals surface area contributed by atoms with Gasteiger partial charge in [0, 0.05) is 46.8 Å². The van der Waals surface area contributed by atoms with Crippen molar-refractivity contribution in [1.82, 2.24) is 19.6 Å². The number of ether oxygens (including phenoxy) is 2. The standard InChI is InChI=1S/C26H31N5O3.C2H4O/c1-28(2)22-12-27-31(18-22)26(32)30-16-20-14-29(15-21(20)17-30)13-19-5-4-6-25(11-19)34-24-9-7-23(33-3)8-10-24;1-2-3/h4-12,18,20-21H,13-17H2,1-3H3;2H,1H3. The first-order valence-corrected chi connectivity index (χ1v) is 12.4. The molecule has 2 aromatic carbocycles. The van der Waals surface area contributed by atoms with Crippen LogP contribution in [-0.4, -0.2) is 79.3 Å². The smallest absolute Gasteiger partial charge is 0.344 e. The number of rotatable bonds is 6. The van der Waals surface area contributed by atoms with Crippen LogP contribution < -0.4 is 14.4 Å². The Morgan fingerprint density at radius 3 is 2.27 bits per heavy atom. The van der Waals surface area contributed by atoms with Crippen LogP contribution in [0.4, 0.5) is 10.5 Å². The number of hydrogen-bond acceptors (Lipinski definition) is 7. The number of nitrogens with zero attached hydrogens (tertiary/aromatic N) is 5. The van der Waals surface area contributed by atoms with Crippen molar-refractivity contribution in [2.75, 3.05) is 52.3 Å². The van der Waals surface area contributed by atoms with Gasteiger partial charge in [-0.05, 0) is 60.7 Å². The van der Waals surface area contributed by atoms with Crippen LogP contribution in [0.5, 0.6) is 17.2 Å². The fourth-order valence-corrected chi connectivity index (χ4v) is 4.91. The first kappa shape index (κ1) is 26.2. The second-order valence-corrected chi connectivity index (χ2v) is 9.60. The van der Waals surface area contributed by atoms with Crippen molar-refractivity contribution < 1.29 is 19.1 Å². The zero-order valence-electron chi connectivity index (χ0n) is 21.9. The summed E-state index contributed by atoms with van der Waals surface area (Å²) in [5, 5.41) is 4.25. The molecule has 0 aliphatic carbocycles. The Labute approximate surface area is 218 Å². The molecular formula is C28H35N5O4. The summed E-state index contributed by atoms with van der Waals surface area (Å²) < 4.78 is 12.7. The number of amides is 1. The molecule has 5 rings (SSSR count). The molecular weight excluding hydrogens is 470 g/mol. The number of hydrogen-bond donors (Lipinski definition) is 0. The number of fused-ring (bicyclic) bond motifs is 1. The summed E-state index contributed by atoms with van der Waals surface area (Å²) in [6.07, 6.45) is 4.27. The molecule has 1 amide bonds. The van der Waals surface area contributed by atoms with Gasteiger partial charge >= 0.3 is 6.03 Å². The maximum Gasteiger partial charge on any atom is 0.344 e. The van der Waals surface area contributed by atoms with Crippen molar-refractivity contribution in [3.05, 3.63) is 66.5 Å². The van der Waals surface area contributed by atoms with E-state index in [9.17, 15) is 4.79 Å². The van der Waals surface area contributed by atoms with E-state index >= 15 is 0 Å². The van der Waals surface area contributed by atoms with E-state index in [0.29, 0.717) is 11.8 Å². The van der Waals surface area contributed by atoms with Crippen LogP contribution in [0.2, 0.25) is 0 Å². The van der Waals surface area contributed by atoms with Crippen LogP contribution in [0.1, 0.15) is 12.5 Å². The highest BCUT2D eigenvalue weighted by Crippen LogP contribution is 2.33. The fraction of sp³-hybridized carbons (Fsp3) is 0.393. The summed E-state index contributed by atoms with van der Waals surface area (Å²) in [6.45, 7) is 5.90. The lowest BCUT2D eigenvalue weighted by Gasteiger charge is -2.21.